The standard InChI is InChI=1S/C12H17FN2/c1-8-3-4-9(5-11(8)13)10-6-15-7-12(10,2)14/h3-5,10,15H,6-7,14H2,1-2H3/t10-,12+/m1/s1. The minimum absolute atomic E-state index is 0.143. The van der Waals surface area contributed by atoms with E-state index in [1.807, 2.05) is 19.1 Å². The highest BCUT2D eigenvalue weighted by Gasteiger charge is 2.36. The van der Waals surface area contributed by atoms with Gasteiger partial charge >= 0.3 is 0 Å². The first-order valence-corrected chi connectivity index (χ1v) is 5.26. The lowest BCUT2D eigenvalue weighted by Gasteiger charge is -2.26. The van der Waals surface area contributed by atoms with Gasteiger partial charge in [-0.3, -0.25) is 0 Å². The number of hydrogen-bond acceptors (Lipinski definition) is 2. The Morgan fingerprint density at radius 1 is 1.53 bits per heavy atom. The number of halogens is 1. The highest BCUT2D eigenvalue weighted by Crippen LogP contribution is 2.30. The van der Waals surface area contributed by atoms with Gasteiger partial charge in [0.2, 0.25) is 0 Å². The summed E-state index contributed by atoms with van der Waals surface area (Å²) in [6, 6.07) is 5.40. The first kappa shape index (κ1) is 10.6. The molecule has 0 aromatic heterocycles. The van der Waals surface area contributed by atoms with E-state index in [1.54, 1.807) is 13.0 Å². The third kappa shape index (κ3) is 1.90. The molecule has 0 spiro atoms. The topological polar surface area (TPSA) is 38.0 Å². The molecule has 3 heteroatoms. The van der Waals surface area contributed by atoms with Crippen molar-refractivity contribution in [3.8, 4) is 0 Å². The molecule has 2 atom stereocenters. The van der Waals surface area contributed by atoms with Gasteiger partial charge in [-0.15, -0.1) is 0 Å². The lowest BCUT2D eigenvalue weighted by atomic mass is 9.84. The number of hydrogen-bond donors (Lipinski definition) is 2. The molecule has 1 aliphatic rings. The number of nitrogens with two attached hydrogens (primary N) is 1. The van der Waals surface area contributed by atoms with Crippen molar-refractivity contribution >= 4 is 0 Å². The van der Waals surface area contributed by atoms with E-state index in [-0.39, 0.29) is 17.3 Å². The summed E-state index contributed by atoms with van der Waals surface area (Å²) in [5, 5.41) is 3.25. The van der Waals surface area contributed by atoms with E-state index < -0.39 is 0 Å². The Kier molecular flexibility index (Phi) is 2.52. The van der Waals surface area contributed by atoms with Crippen LogP contribution < -0.4 is 11.1 Å². The highest BCUT2D eigenvalue weighted by atomic mass is 19.1. The van der Waals surface area contributed by atoms with E-state index in [0.29, 0.717) is 5.56 Å². The van der Waals surface area contributed by atoms with E-state index >= 15 is 0 Å². The molecular weight excluding hydrogens is 191 g/mol. The molecule has 0 saturated carbocycles. The van der Waals surface area contributed by atoms with Crippen molar-refractivity contribution in [3.05, 3.63) is 35.1 Å². The SMILES string of the molecule is Cc1ccc([C@H]2CNC[C@]2(C)N)cc1F. The zero-order chi connectivity index (χ0) is 11.1. The van der Waals surface area contributed by atoms with Gasteiger partial charge in [-0.2, -0.15) is 0 Å². The first-order valence-electron chi connectivity index (χ1n) is 5.26. The van der Waals surface area contributed by atoms with Gasteiger partial charge < -0.3 is 11.1 Å². The third-order valence-electron chi connectivity index (χ3n) is 3.25. The van der Waals surface area contributed by atoms with Crippen LogP contribution in [-0.2, 0) is 0 Å². The maximum atomic E-state index is 13.4. The Labute approximate surface area is 89.7 Å². The summed E-state index contributed by atoms with van der Waals surface area (Å²) < 4.78 is 13.4. The van der Waals surface area contributed by atoms with E-state index in [9.17, 15) is 4.39 Å². The van der Waals surface area contributed by atoms with Crippen LogP contribution in [0.1, 0.15) is 24.0 Å². The Bertz CT molecular complexity index is 374. The fraction of sp³-hybridized carbons (Fsp3) is 0.500. The van der Waals surface area contributed by atoms with E-state index in [0.717, 1.165) is 18.7 Å². The Morgan fingerprint density at radius 2 is 2.27 bits per heavy atom. The quantitative estimate of drug-likeness (QED) is 0.734. The summed E-state index contributed by atoms with van der Waals surface area (Å²) >= 11 is 0. The van der Waals surface area contributed by atoms with Crippen molar-refractivity contribution in [2.45, 2.75) is 25.3 Å². The van der Waals surface area contributed by atoms with Gasteiger partial charge in [-0.05, 0) is 31.0 Å². The average Bonchev–Trinajstić information content (AvgIpc) is 2.50. The molecule has 2 nitrogen and oxygen atoms in total. The molecule has 2 rings (SSSR count). The molecule has 1 aliphatic heterocycles. The van der Waals surface area contributed by atoms with Crippen molar-refractivity contribution in [3.63, 3.8) is 0 Å². The lowest BCUT2D eigenvalue weighted by Crippen LogP contribution is -2.42. The summed E-state index contributed by atoms with van der Waals surface area (Å²) in [5.74, 6) is 0.0581. The molecule has 82 valence electrons. The summed E-state index contributed by atoms with van der Waals surface area (Å²) in [4.78, 5) is 0. The van der Waals surface area contributed by atoms with Crippen molar-refractivity contribution in [2.75, 3.05) is 13.1 Å². The van der Waals surface area contributed by atoms with Crippen molar-refractivity contribution in [1.29, 1.82) is 0 Å². The van der Waals surface area contributed by atoms with Crippen LogP contribution >= 0.6 is 0 Å². The van der Waals surface area contributed by atoms with Gasteiger partial charge in [0.1, 0.15) is 5.82 Å². The number of nitrogens with one attached hydrogen (secondary N) is 1. The molecule has 1 heterocycles. The molecule has 0 radical (unpaired) electrons. The molecule has 0 amide bonds. The van der Waals surface area contributed by atoms with Crippen LogP contribution in [0.15, 0.2) is 18.2 Å². The van der Waals surface area contributed by atoms with Crippen LogP contribution in [-0.4, -0.2) is 18.6 Å². The van der Waals surface area contributed by atoms with E-state index in [2.05, 4.69) is 5.32 Å². The van der Waals surface area contributed by atoms with Gasteiger partial charge in [0.25, 0.3) is 0 Å². The minimum Gasteiger partial charge on any atom is -0.324 e. The summed E-state index contributed by atoms with van der Waals surface area (Å²) in [7, 11) is 0. The molecule has 0 bridgehead atoms. The number of aryl methyl sites for hydroxylation is 1. The van der Waals surface area contributed by atoms with Gasteiger partial charge in [0.15, 0.2) is 0 Å². The largest absolute Gasteiger partial charge is 0.324 e. The van der Waals surface area contributed by atoms with Gasteiger partial charge in [-0.25, -0.2) is 4.39 Å². The second kappa shape index (κ2) is 3.58. The fourth-order valence-corrected chi connectivity index (χ4v) is 2.17. The smallest absolute Gasteiger partial charge is 0.126 e. The molecular formula is C12H17FN2. The molecule has 1 aromatic carbocycles. The maximum Gasteiger partial charge on any atom is 0.126 e. The van der Waals surface area contributed by atoms with Gasteiger partial charge in [0.05, 0.1) is 0 Å². The monoisotopic (exact) mass is 208 g/mol. The summed E-state index contributed by atoms with van der Waals surface area (Å²) in [6.07, 6.45) is 0. The molecule has 0 aliphatic carbocycles. The predicted octanol–water partition coefficient (Wildman–Crippen LogP) is 1.54. The van der Waals surface area contributed by atoms with Gasteiger partial charge in [0, 0.05) is 24.5 Å². The Morgan fingerprint density at radius 3 is 2.80 bits per heavy atom. The third-order valence-corrected chi connectivity index (χ3v) is 3.25. The van der Waals surface area contributed by atoms with E-state index in [4.69, 9.17) is 5.73 Å². The second-order valence-electron chi connectivity index (χ2n) is 4.70. The minimum atomic E-state index is -0.276. The van der Waals surface area contributed by atoms with Crippen LogP contribution in [0.25, 0.3) is 0 Å². The Balaban J connectivity index is 2.33. The Hall–Kier alpha value is -0.930. The first-order chi connectivity index (χ1) is 7.00. The number of benzene rings is 1. The molecule has 15 heavy (non-hydrogen) atoms. The maximum absolute atomic E-state index is 13.4. The molecule has 1 aromatic rings. The average molecular weight is 208 g/mol. The zero-order valence-electron chi connectivity index (χ0n) is 9.18. The van der Waals surface area contributed by atoms with Crippen LogP contribution in [0.5, 0.6) is 0 Å². The van der Waals surface area contributed by atoms with Crippen LogP contribution in [0.4, 0.5) is 4.39 Å². The second-order valence-corrected chi connectivity index (χ2v) is 4.70. The number of rotatable bonds is 1. The fourth-order valence-electron chi connectivity index (χ4n) is 2.17. The normalized spacial score (nSPS) is 30.8. The molecule has 1 fully saturated rings. The van der Waals surface area contributed by atoms with Crippen molar-refractivity contribution in [1.82, 2.24) is 5.32 Å². The van der Waals surface area contributed by atoms with Crippen LogP contribution in [0.3, 0.4) is 0 Å². The zero-order valence-corrected chi connectivity index (χ0v) is 9.18. The van der Waals surface area contributed by atoms with Crippen molar-refractivity contribution < 1.29 is 4.39 Å². The molecule has 0 unspecified atom stereocenters. The summed E-state index contributed by atoms with van der Waals surface area (Å²) in [5.41, 5.74) is 7.56. The van der Waals surface area contributed by atoms with E-state index in [1.165, 1.54) is 0 Å². The van der Waals surface area contributed by atoms with Gasteiger partial charge in [-0.1, -0.05) is 12.1 Å². The molecule has 3 N–H and O–H groups in total. The van der Waals surface area contributed by atoms with Crippen LogP contribution in [0, 0.1) is 12.7 Å². The summed E-state index contributed by atoms with van der Waals surface area (Å²) in [6.45, 7) is 5.39. The van der Waals surface area contributed by atoms with Crippen LogP contribution in [0.2, 0.25) is 0 Å². The lowest BCUT2D eigenvalue weighted by molar-refractivity contribution is 0.460. The van der Waals surface area contributed by atoms with Crippen molar-refractivity contribution in [2.24, 2.45) is 5.73 Å². The highest BCUT2D eigenvalue weighted by molar-refractivity contribution is 5.30. The molecule has 1 saturated heterocycles. The predicted molar refractivity (Wildman–Crippen MR) is 59.3 cm³/mol.